The first-order valence-corrected chi connectivity index (χ1v) is 4.51. The minimum absolute atomic E-state index is 0.107. The number of hydrogen-bond acceptors (Lipinski definition) is 2. The molecule has 1 fully saturated rings. The van der Waals surface area contributed by atoms with Crippen LogP contribution in [-0.2, 0) is 4.74 Å². The van der Waals surface area contributed by atoms with Crippen molar-refractivity contribution in [2.24, 2.45) is 5.41 Å². The molecule has 1 aliphatic rings. The van der Waals surface area contributed by atoms with Gasteiger partial charge in [-0.2, -0.15) is 0 Å². The second-order valence-corrected chi connectivity index (χ2v) is 3.51. The Morgan fingerprint density at radius 1 is 1.45 bits per heavy atom. The highest BCUT2D eigenvalue weighted by atomic mass is 16.5. The maximum atomic E-state index is 9.74. The number of ether oxygens (including phenoxy) is 1. The van der Waals surface area contributed by atoms with Crippen LogP contribution in [0.5, 0.6) is 0 Å². The molecular weight excluding hydrogens is 140 g/mol. The van der Waals surface area contributed by atoms with Gasteiger partial charge in [0.05, 0.1) is 19.3 Å². The van der Waals surface area contributed by atoms with E-state index in [0.717, 1.165) is 32.5 Å². The fraction of sp³-hybridized carbons (Fsp3) is 1.00. The van der Waals surface area contributed by atoms with Crippen molar-refractivity contribution >= 4 is 0 Å². The topological polar surface area (TPSA) is 29.5 Å². The third-order valence-electron chi connectivity index (χ3n) is 2.75. The molecule has 1 saturated heterocycles. The minimum atomic E-state index is -0.147. The Balaban J connectivity index is 2.40. The SMILES string of the molecule is CCCC(O)C1(CC)COC1. The van der Waals surface area contributed by atoms with Gasteiger partial charge in [-0.05, 0) is 12.8 Å². The second-order valence-electron chi connectivity index (χ2n) is 3.51. The summed E-state index contributed by atoms with van der Waals surface area (Å²) in [4.78, 5) is 0. The van der Waals surface area contributed by atoms with E-state index in [1.165, 1.54) is 0 Å². The quantitative estimate of drug-likeness (QED) is 0.673. The first kappa shape index (κ1) is 9.01. The Hall–Kier alpha value is -0.0800. The van der Waals surface area contributed by atoms with Gasteiger partial charge in [0.25, 0.3) is 0 Å². The van der Waals surface area contributed by atoms with Crippen molar-refractivity contribution in [2.75, 3.05) is 13.2 Å². The largest absolute Gasteiger partial charge is 0.392 e. The molecule has 66 valence electrons. The van der Waals surface area contributed by atoms with Crippen LogP contribution in [-0.4, -0.2) is 24.4 Å². The number of rotatable bonds is 4. The molecule has 2 nitrogen and oxygen atoms in total. The van der Waals surface area contributed by atoms with E-state index in [9.17, 15) is 5.11 Å². The molecule has 2 heteroatoms. The third-order valence-corrected chi connectivity index (χ3v) is 2.75. The van der Waals surface area contributed by atoms with E-state index < -0.39 is 0 Å². The summed E-state index contributed by atoms with van der Waals surface area (Å²) in [6.07, 6.45) is 2.86. The molecule has 1 atom stereocenters. The summed E-state index contributed by atoms with van der Waals surface area (Å²) >= 11 is 0. The zero-order valence-electron chi connectivity index (χ0n) is 7.47. The van der Waals surface area contributed by atoms with E-state index in [2.05, 4.69) is 13.8 Å². The van der Waals surface area contributed by atoms with Crippen molar-refractivity contribution < 1.29 is 9.84 Å². The lowest BCUT2D eigenvalue weighted by atomic mass is 9.76. The monoisotopic (exact) mass is 158 g/mol. The molecule has 1 rings (SSSR count). The molecule has 0 radical (unpaired) electrons. The summed E-state index contributed by atoms with van der Waals surface area (Å²) in [7, 11) is 0. The molecule has 0 saturated carbocycles. The van der Waals surface area contributed by atoms with Gasteiger partial charge >= 0.3 is 0 Å². The molecular formula is C9H18O2. The molecule has 1 aliphatic heterocycles. The summed E-state index contributed by atoms with van der Waals surface area (Å²) in [6, 6.07) is 0. The second kappa shape index (κ2) is 3.55. The summed E-state index contributed by atoms with van der Waals surface area (Å²) in [5.74, 6) is 0. The Morgan fingerprint density at radius 3 is 2.36 bits per heavy atom. The average Bonchev–Trinajstić information content (AvgIpc) is 1.87. The third kappa shape index (κ3) is 1.57. The van der Waals surface area contributed by atoms with Crippen molar-refractivity contribution in [1.82, 2.24) is 0 Å². The normalized spacial score (nSPS) is 24.3. The van der Waals surface area contributed by atoms with Gasteiger partial charge in [-0.15, -0.1) is 0 Å². The van der Waals surface area contributed by atoms with Crippen molar-refractivity contribution in [1.29, 1.82) is 0 Å². The summed E-state index contributed by atoms with van der Waals surface area (Å²) in [6.45, 7) is 5.74. The minimum Gasteiger partial charge on any atom is -0.392 e. The lowest BCUT2D eigenvalue weighted by Crippen LogP contribution is -2.50. The average molecular weight is 158 g/mol. The van der Waals surface area contributed by atoms with Crippen LogP contribution in [0.2, 0.25) is 0 Å². The zero-order chi connectivity index (χ0) is 8.32. The van der Waals surface area contributed by atoms with Gasteiger partial charge in [0, 0.05) is 5.41 Å². The predicted molar refractivity (Wildman–Crippen MR) is 44.5 cm³/mol. The maximum absolute atomic E-state index is 9.74. The van der Waals surface area contributed by atoms with E-state index in [1.807, 2.05) is 0 Å². The molecule has 11 heavy (non-hydrogen) atoms. The molecule has 0 aliphatic carbocycles. The zero-order valence-corrected chi connectivity index (χ0v) is 7.47. The fourth-order valence-electron chi connectivity index (χ4n) is 1.58. The van der Waals surface area contributed by atoms with Crippen molar-refractivity contribution in [3.63, 3.8) is 0 Å². The molecule has 0 aromatic heterocycles. The van der Waals surface area contributed by atoms with Gasteiger partial charge in [0.1, 0.15) is 0 Å². The van der Waals surface area contributed by atoms with E-state index >= 15 is 0 Å². The van der Waals surface area contributed by atoms with Crippen molar-refractivity contribution in [3.8, 4) is 0 Å². The first-order valence-electron chi connectivity index (χ1n) is 4.51. The van der Waals surface area contributed by atoms with Gasteiger partial charge in [0.15, 0.2) is 0 Å². The molecule has 0 bridgehead atoms. The van der Waals surface area contributed by atoms with Crippen LogP contribution < -0.4 is 0 Å². The highest BCUT2D eigenvalue weighted by Crippen LogP contribution is 2.36. The molecule has 1 N–H and O–H groups in total. The lowest BCUT2D eigenvalue weighted by molar-refractivity contribution is -0.174. The van der Waals surface area contributed by atoms with Crippen LogP contribution in [0.25, 0.3) is 0 Å². The summed E-state index contributed by atoms with van der Waals surface area (Å²) < 4.78 is 5.14. The van der Waals surface area contributed by atoms with Crippen LogP contribution in [0.1, 0.15) is 33.1 Å². The Labute approximate surface area is 68.6 Å². The van der Waals surface area contributed by atoms with Gasteiger partial charge in [-0.25, -0.2) is 0 Å². The maximum Gasteiger partial charge on any atom is 0.0640 e. The fourth-order valence-corrected chi connectivity index (χ4v) is 1.58. The van der Waals surface area contributed by atoms with Gasteiger partial charge in [-0.1, -0.05) is 20.3 Å². The molecule has 1 heterocycles. The predicted octanol–water partition coefficient (Wildman–Crippen LogP) is 1.57. The van der Waals surface area contributed by atoms with E-state index in [4.69, 9.17) is 4.74 Å². The highest BCUT2D eigenvalue weighted by molar-refractivity contribution is 4.90. The van der Waals surface area contributed by atoms with Crippen LogP contribution >= 0.6 is 0 Å². The van der Waals surface area contributed by atoms with Gasteiger partial charge < -0.3 is 9.84 Å². The molecule has 0 aromatic carbocycles. The van der Waals surface area contributed by atoms with E-state index in [-0.39, 0.29) is 11.5 Å². The van der Waals surface area contributed by atoms with E-state index in [0.29, 0.717) is 0 Å². The molecule has 0 spiro atoms. The Morgan fingerprint density at radius 2 is 2.09 bits per heavy atom. The summed E-state index contributed by atoms with van der Waals surface area (Å²) in [5.41, 5.74) is 0.107. The van der Waals surface area contributed by atoms with Crippen molar-refractivity contribution in [3.05, 3.63) is 0 Å². The Bertz CT molecular complexity index is 113. The number of hydrogen-bond donors (Lipinski definition) is 1. The Kier molecular flexibility index (Phi) is 2.90. The number of aliphatic hydroxyl groups excluding tert-OH is 1. The van der Waals surface area contributed by atoms with Crippen molar-refractivity contribution in [2.45, 2.75) is 39.2 Å². The van der Waals surface area contributed by atoms with Crippen LogP contribution in [0.15, 0.2) is 0 Å². The lowest BCUT2D eigenvalue weighted by Gasteiger charge is -2.44. The van der Waals surface area contributed by atoms with Gasteiger partial charge in [-0.3, -0.25) is 0 Å². The van der Waals surface area contributed by atoms with E-state index in [1.54, 1.807) is 0 Å². The van der Waals surface area contributed by atoms with Gasteiger partial charge in [0.2, 0.25) is 0 Å². The van der Waals surface area contributed by atoms with Crippen LogP contribution in [0, 0.1) is 5.41 Å². The molecule has 0 amide bonds. The standard InChI is InChI=1S/C9H18O2/c1-3-5-8(10)9(4-2)6-11-7-9/h8,10H,3-7H2,1-2H3. The summed E-state index contributed by atoms with van der Waals surface area (Å²) in [5, 5.41) is 9.74. The smallest absolute Gasteiger partial charge is 0.0640 e. The highest BCUT2D eigenvalue weighted by Gasteiger charge is 2.42. The van der Waals surface area contributed by atoms with Crippen LogP contribution in [0.4, 0.5) is 0 Å². The molecule has 1 unspecified atom stereocenters. The molecule has 0 aromatic rings. The first-order chi connectivity index (χ1) is 5.25. The number of aliphatic hydroxyl groups is 1. The van der Waals surface area contributed by atoms with Crippen LogP contribution in [0.3, 0.4) is 0 Å².